The Balaban J connectivity index is 1.45. The molecule has 35 heavy (non-hydrogen) atoms. The van der Waals surface area contributed by atoms with Crippen molar-refractivity contribution in [3.63, 3.8) is 0 Å². The van der Waals surface area contributed by atoms with Gasteiger partial charge in [-0.25, -0.2) is 8.42 Å². The molecule has 0 fully saturated rings. The maximum Gasteiger partial charge on any atom is 0.264 e. The van der Waals surface area contributed by atoms with E-state index in [1.165, 1.54) is 12.1 Å². The van der Waals surface area contributed by atoms with Gasteiger partial charge in [0.2, 0.25) is 5.91 Å². The standard InChI is InChI=1S/C25H26N2O7S/c1-31-20-8-10-21(11-9-20)32-14-13-26-25(28)18-27(35(29,30)22-5-3-2-4-6-22)19-7-12-23-24(17-19)34-16-15-33-23/h2-12,17H,13-16,18H2,1H3,(H,26,28). The lowest BCUT2D eigenvalue weighted by Gasteiger charge is -2.26. The number of ether oxygens (including phenoxy) is 4. The van der Waals surface area contributed by atoms with Crippen molar-refractivity contribution < 1.29 is 32.2 Å². The molecule has 3 aromatic rings. The molecule has 9 nitrogen and oxygen atoms in total. The van der Waals surface area contributed by atoms with E-state index in [9.17, 15) is 13.2 Å². The SMILES string of the molecule is COc1ccc(OCCNC(=O)CN(c2ccc3c(c2)OCCO3)S(=O)(=O)c2ccccc2)cc1. The number of nitrogens with one attached hydrogen (secondary N) is 1. The molecule has 0 atom stereocenters. The predicted molar refractivity (Wildman–Crippen MR) is 130 cm³/mol. The minimum absolute atomic E-state index is 0.0746. The molecular formula is C25H26N2O7S. The highest BCUT2D eigenvalue weighted by atomic mass is 32.2. The summed E-state index contributed by atoms with van der Waals surface area (Å²) >= 11 is 0. The number of sulfonamides is 1. The van der Waals surface area contributed by atoms with Gasteiger partial charge in [0.05, 0.1) is 24.2 Å². The maximum absolute atomic E-state index is 13.4. The van der Waals surface area contributed by atoms with E-state index in [0.717, 1.165) is 4.31 Å². The van der Waals surface area contributed by atoms with Gasteiger partial charge in [0.25, 0.3) is 10.0 Å². The molecule has 1 N–H and O–H groups in total. The Bertz CT molecular complexity index is 1250. The molecule has 0 bridgehead atoms. The van der Waals surface area contributed by atoms with Crippen LogP contribution in [0, 0.1) is 0 Å². The lowest BCUT2D eigenvalue weighted by atomic mass is 10.2. The van der Waals surface area contributed by atoms with Gasteiger partial charge in [-0.1, -0.05) is 18.2 Å². The minimum Gasteiger partial charge on any atom is -0.497 e. The van der Waals surface area contributed by atoms with Crippen LogP contribution < -0.4 is 28.6 Å². The van der Waals surface area contributed by atoms with E-state index < -0.39 is 22.5 Å². The van der Waals surface area contributed by atoms with Crippen LogP contribution in [0.3, 0.4) is 0 Å². The van der Waals surface area contributed by atoms with Crippen LogP contribution in [0.25, 0.3) is 0 Å². The molecule has 10 heteroatoms. The van der Waals surface area contributed by atoms with Gasteiger partial charge in [-0.15, -0.1) is 0 Å². The molecule has 0 aliphatic carbocycles. The number of rotatable bonds is 10. The lowest BCUT2D eigenvalue weighted by molar-refractivity contribution is -0.119. The lowest BCUT2D eigenvalue weighted by Crippen LogP contribution is -2.42. The summed E-state index contributed by atoms with van der Waals surface area (Å²) in [4.78, 5) is 12.8. The highest BCUT2D eigenvalue weighted by Gasteiger charge is 2.28. The topological polar surface area (TPSA) is 103 Å². The molecule has 1 aliphatic heterocycles. The van der Waals surface area contributed by atoms with E-state index in [0.29, 0.717) is 41.9 Å². The van der Waals surface area contributed by atoms with Gasteiger partial charge in [-0.2, -0.15) is 0 Å². The first-order chi connectivity index (χ1) is 17.0. The van der Waals surface area contributed by atoms with Gasteiger partial charge >= 0.3 is 0 Å². The highest BCUT2D eigenvalue weighted by Crippen LogP contribution is 2.35. The summed E-state index contributed by atoms with van der Waals surface area (Å²) in [6.45, 7) is 0.772. The summed E-state index contributed by atoms with van der Waals surface area (Å²) in [6.07, 6.45) is 0. The predicted octanol–water partition coefficient (Wildman–Crippen LogP) is 2.86. The van der Waals surface area contributed by atoms with Gasteiger partial charge in [-0.3, -0.25) is 9.10 Å². The van der Waals surface area contributed by atoms with Crippen molar-refractivity contribution in [1.29, 1.82) is 0 Å². The second-order valence-electron chi connectivity index (χ2n) is 7.53. The average molecular weight is 499 g/mol. The van der Waals surface area contributed by atoms with Crippen LogP contribution in [0.15, 0.2) is 77.7 Å². The fourth-order valence-electron chi connectivity index (χ4n) is 3.44. The Morgan fingerprint density at radius 2 is 1.63 bits per heavy atom. The number of hydrogen-bond donors (Lipinski definition) is 1. The number of anilines is 1. The van der Waals surface area contributed by atoms with Crippen molar-refractivity contribution in [2.24, 2.45) is 0 Å². The van der Waals surface area contributed by atoms with E-state index in [-0.39, 0.29) is 18.0 Å². The molecule has 0 unspecified atom stereocenters. The number of benzene rings is 3. The van der Waals surface area contributed by atoms with Crippen molar-refractivity contribution in [3.05, 3.63) is 72.8 Å². The van der Waals surface area contributed by atoms with Crippen LogP contribution in [0.2, 0.25) is 0 Å². The molecule has 0 saturated carbocycles. The molecular weight excluding hydrogens is 472 g/mol. The third-order valence-electron chi connectivity index (χ3n) is 5.18. The van der Waals surface area contributed by atoms with Gasteiger partial charge < -0.3 is 24.3 Å². The fourth-order valence-corrected chi connectivity index (χ4v) is 4.87. The van der Waals surface area contributed by atoms with E-state index >= 15 is 0 Å². The number of fused-ring (bicyclic) bond motifs is 1. The van der Waals surface area contributed by atoms with Crippen LogP contribution in [-0.4, -0.2) is 54.3 Å². The minimum atomic E-state index is -4.02. The molecule has 0 spiro atoms. The van der Waals surface area contributed by atoms with Crippen LogP contribution in [0.5, 0.6) is 23.0 Å². The quantitative estimate of drug-likeness (QED) is 0.429. The zero-order valence-corrected chi connectivity index (χ0v) is 20.0. The number of nitrogens with zero attached hydrogens (tertiary/aromatic N) is 1. The monoisotopic (exact) mass is 498 g/mol. The van der Waals surface area contributed by atoms with Crippen LogP contribution in [0.1, 0.15) is 0 Å². The summed E-state index contributed by atoms with van der Waals surface area (Å²) in [5.41, 5.74) is 0.294. The summed E-state index contributed by atoms with van der Waals surface area (Å²) in [5.74, 6) is 1.82. The molecule has 1 heterocycles. The number of carbonyl (C=O) groups is 1. The van der Waals surface area contributed by atoms with Crippen LogP contribution in [-0.2, 0) is 14.8 Å². The van der Waals surface area contributed by atoms with Gasteiger partial charge in [0.15, 0.2) is 11.5 Å². The highest BCUT2D eigenvalue weighted by molar-refractivity contribution is 7.92. The second kappa shape index (κ2) is 11.0. The number of amides is 1. The van der Waals surface area contributed by atoms with Gasteiger partial charge in [-0.05, 0) is 48.5 Å². The van der Waals surface area contributed by atoms with E-state index in [4.69, 9.17) is 18.9 Å². The number of methoxy groups -OCH3 is 1. The summed E-state index contributed by atoms with van der Waals surface area (Å²) in [7, 11) is -2.44. The molecule has 1 amide bonds. The second-order valence-corrected chi connectivity index (χ2v) is 9.39. The molecule has 4 rings (SSSR count). The van der Waals surface area contributed by atoms with Gasteiger partial charge in [0.1, 0.15) is 37.9 Å². The normalized spacial score (nSPS) is 12.5. The van der Waals surface area contributed by atoms with Gasteiger partial charge in [0, 0.05) is 6.07 Å². The molecule has 1 aliphatic rings. The maximum atomic E-state index is 13.4. The summed E-state index contributed by atoms with van der Waals surface area (Å²) in [5, 5.41) is 2.71. The summed E-state index contributed by atoms with van der Waals surface area (Å²) < 4.78 is 49.8. The van der Waals surface area contributed by atoms with E-state index in [2.05, 4.69) is 5.32 Å². The molecule has 0 radical (unpaired) electrons. The molecule has 0 aromatic heterocycles. The Labute approximate surface area is 204 Å². The molecule has 0 saturated heterocycles. The van der Waals surface area contributed by atoms with Crippen molar-refractivity contribution >= 4 is 21.6 Å². The van der Waals surface area contributed by atoms with Crippen molar-refractivity contribution in [1.82, 2.24) is 5.32 Å². The average Bonchev–Trinajstić information content (AvgIpc) is 2.90. The van der Waals surface area contributed by atoms with E-state index in [1.807, 2.05) is 0 Å². The molecule has 3 aromatic carbocycles. The van der Waals surface area contributed by atoms with Crippen LogP contribution >= 0.6 is 0 Å². The Morgan fingerprint density at radius 1 is 0.943 bits per heavy atom. The first kappa shape index (κ1) is 24.2. The third kappa shape index (κ3) is 5.96. The molecule has 184 valence electrons. The Morgan fingerprint density at radius 3 is 2.34 bits per heavy atom. The van der Waals surface area contributed by atoms with Crippen molar-refractivity contribution in [2.75, 3.05) is 44.3 Å². The zero-order chi connectivity index (χ0) is 24.7. The largest absolute Gasteiger partial charge is 0.497 e. The Hall–Kier alpha value is -3.92. The Kier molecular flexibility index (Phi) is 7.61. The summed E-state index contributed by atoms with van der Waals surface area (Å²) in [6, 6.07) is 19.8. The zero-order valence-electron chi connectivity index (χ0n) is 19.2. The smallest absolute Gasteiger partial charge is 0.264 e. The third-order valence-corrected chi connectivity index (χ3v) is 6.97. The number of carbonyl (C=O) groups excluding carboxylic acids is 1. The van der Waals surface area contributed by atoms with Crippen molar-refractivity contribution in [2.45, 2.75) is 4.90 Å². The van der Waals surface area contributed by atoms with Crippen molar-refractivity contribution in [3.8, 4) is 23.0 Å². The van der Waals surface area contributed by atoms with Crippen LogP contribution in [0.4, 0.5) is 5.69 Å². The first-order valence-electron chi connectivity index (χ1n) is 11.0. The number of hydrogen-bond acceptors (Lipinski definition) is 7. The van der Waals surface area contributed by atoms with E-state index in [1.54, 1.807) is 67.8 Å². The fraction of sp³-hybridized carbons (Fsp3) is 0.240. The first-order valence-corrected chi connectivity index (χ1v) is 12.4.